The largest absolute Gasteiger partial charge is 0.351 e. The first-order chi connectivity index (χ1) is 29.5. The van der Waals surface area contributed by atoms with E-state index in [1.807, 2.05) is 25.3 Å². The van der Waals surface area contributed by atoms with Crippen LogP contribution in [0.25, 0.3) is 44.3 Å². The Labute approximate surface area is 380 Å². The topological polar surface area (TPSA) is 165 Å². The molecule has 0 saturated carbocycles. The van der Waals surface area contributed by atoms with Gasteiger partial charge in [-0.15, -0.1) is 0 Å². The van der Waals surface area contributed by atoms with Crippen LogP contribution >= 0.6 is 0 Å². The van der Waals surface area contributed by atoms with E-state index in [0.29, 0.717) is 6.04 Å². The molecule has 0 saturated heterocycles. The number of nitrogens with one attached hydrogen (secondary N) is 7. The Hall–Kier alpha value is -6.11. The maximum absolute atomic E-state index is 4.73. The number of rotatable bonds is 5. The molecule has 0 fully saturated rings. The van der Waals surface area contributed by atoms with Crippen molar-refractivity contribution >= 4 is 68.1 Å². The van der Waals surface area contributed by atoms with Crippen LogP contribution in [0.3, 0.4) is 0 Å². The number of aromatic nitrogens is 9. The molecule has 8 rings (SSSR count). The summed E-state index contributed by atoms with van der Waals surface area (Å²) in [5.74, 6) is 3.41. The molecule has 5 aromatic heterocycles. The molecule has 13 heteroatoms. The second kappa shape index (κ2) is 18.9. The van der Waals surface area contributed by atoms with Crippen molar-refractivity contribution in [3.8, 4) is 0 Å². The minimum absolute atomic E-state index is 0.00290. The van der Waals surface area contributed by atoms with Gasteiger partial charge in [-0.05, 0) is 196 Å². The second-order valence-electron chi connectivity index (χ2n) is 21.5. The highest BCUT2D eigenvalue weighted by atomic mass is 15.2. The van der Waals surface area contributed by atoms with Gasteiger partial charge in [-0.2, -0.15) is 4.98 Å². The van der Waals surface area contributed by atoms with Crippen LogP contribution < -0.4 is 21.3 Å². The first-order valence-electron chi connectivity index (χ1n) is 22.4. The number of H-pyrrole nitrogens is 3. The molecule has 0 aliphatic carbocycles. The molecule has 0 aliphatic heterocycles. The molecule has 8 aromatic rings. The summed E-state index contributed by atoms with van der Waals surface area (Å²) < 4.78 is 2.26. The van der Waals surface area contributed by atoms with Gasteiger partial charge in [0.1, 0.15) is 0 Å². The molecule has 3 aromatic carbocycles. The summed E-state index contributed by atoms with van der Waals surface area (Å²) >= 11 is 0. The maximum atomic E-state index is 4.73. The van der Waals surface area contributed by atoms with E-state index in [0.717, 1.165) is 68.1 Å². The molecule has 0 spiro atoms. The van der Waals surface area contributed by atoms with Crippen molar-refractivity contribution in [1.29, 1.82) is 0 Å². The molecule has 0 bridgehead atoms. The van der Waals surface area contributed by atoms with Crippen molar-refractivity contribution in [2.45, 2.75) is 160 Å². The van der Waals surface area contributed by atoms with Crippen LogP contribution in [-0.2, 0) is 0 Å². The summed E-state index contributed by atoms with van der Waals surface area (Å²) in [7, 11) is 0. The molecular weight excluding hydrogens is 795 g/mol. The summed E-state index contributed by atoms with van der Waals surface area (Å²) in [6.07, 6.45) is 1.82. The van der Waals surface area contributed by atoms with Crippen LogP contribution in [0.1, 0.15) is 131 Å². The van der Waals surface area contributed by atoms with Crippen molar-refractivity contribution in [3.63, 3.8) is 0 Å². The molecular formula is C51H75N13. The van der Waals surface area contributed by atoms with Crippen molar-refractivity contribution in [3.05, 3.63) is 88.6 Å². The van der Waals surface area contributed by atoms with Crippen molar-refractivity contribution in [1.82, 2.24) is 44.4 Å². The Balaban J connectivity index is 0.000000161. The first-order valence-corrected chi connectivity index (χ1v) is 22.4. The Bertz CT molecular complexity index is 2710. The Kier molecular flexibility index (Phi) is 14.5. The van der Waals surface area contributed by atoms with Crippen LogP contribution in [0.2, 0.25) is 0 Å². The number of nitrogens with zero attached hydrogens (tertiary/aromatic N) is 6. The fourth-order valence-electron chi connectivity index (χ4n) is 6.84. The summed E-state index contributed by atoms with van der Waals surface area (Å²) in [5.41, 5.74) is 14.5. The fraction of sp³-hybridized carbons (Fsp3) is 0.471. The normalized spacial score (nSPS) is 12.1. The number of anilines is 4. The van der Waals surface area contributed by atoms with Crippen LogP contribution in [0, 0.1) is 34.6 Å². The molecule has 64 heavy (non-hydrogen) atoms. The lowest BCUT2D eigenvalue weighted by molar-refractivity contribution is 0.582. The number of imidazole rings is 4. The number of aryl methyl sites for hydroxylation is 5. The van der Waals surface area contributed by atoms with Gasteiger partial charge < -0.3 is 40.8 Å². The number of benzene rings is 3. The van der Waals surface area contributed by atoms with Crippen LogP contribution in [0.4, 0.5) is 23.8 Å². The van der Waals surface area contributed by atoms with Gasteiger partial charge in [-0.3, -0.25) is 0 Å². The van der Waals surface area contributed by atoms with Crippen LogP contribution in [0.5, 0.6) is 0 Å². The molecule has 0 aliphatic rings. The van der Waals surface area contributed by atoms with Gasteiger partial charge in [-0.25, -0.2) is 19.9 Å². The van der Waals surface area contributed by atoms with Gasteiger partial charge >= 0.3 is 0 Å². The molecule has 0 amide bonds. The summed E-state index contributed by atoms with van der Waals surface area (Å²) in [6.45, 7) is 40.3. The standard InChI is InChI=1S/C15H23N3.C13H19N3.C12H17N3.C11H16N4/c1-10(2)18-13-8-7-11(3)9-12(13)16-14(18)17-15(4,5)6;1-8-6-7-10-11(9(8)2)15-12(14-10)16-13(3,4)5;1-8-5-6-9-10(7-8)14-11(13-9)15-12(2,3)4;1-7-5-8-9(12-6-7)14-10(13-8)15-11(2,3)4/h7-10H,1-6H3,(H,16,17);6-7H,1-5H3,(H2,14,15,16);5-7H,1-4H3,(H2,13,14,15);5-6H,1-4H3,(H2,12,13,14,15). The summed E-state index contributed by atoms with van der Waals surface area (Å²) in [5, 5.41) is 13.4. The zero-order valence-electron chi connectivity index (χ0n) is 42.0. The van der Waals surface area contributed by atoms with E-state index in [1.54, 1.807) is 0 Å². The number of pyridine rings is 1. The van der Waals surface area contributed by atoms with Crippen molar-refractivity contribution < 1.29 is 0 Å². The number of aromatic amines is 3. The van der Waals surface area contributed by atoms with Gasteiger partial charge in [0.25, 0.3) is 0 Å². The van der Waals surface area contributed by atoms with Crippen molar-refractivity contribution in [2.24, 2.45) is 0 Å². The summed E-state index contributed by atoms with van der Waals surface area (Å²) in [4.78, 5) is 32.2. The zero-order valence-corrected chi connectivity index (χ0v) is 42.0. The average molecular weight is 870 g/mol. The first kappa shape index (κ1) is 48.9. The van der Waals surface area contributed by atoms with Crippen LogP contribution in [0.15, 0.2) is 60.8 Å². The van der Waals surface area contributed by atoms with E-state index >= 15 is 0 Å². The third-order valence-corrected chi connectivity index (χ3v) is 9.62. The molecule has 13 nitrogen and oxygen atoms in total. The van der Waals surface area contributed by atoms with E-state index in [4.69, 9.17) is 4.98 Å². The predicted molar refractivity (Wildman–Crippen MR) is 273 cm³/mol. The lowest BCUT2D eigenvalue weighted by Gasteiger charge is -2.23. The van der Waals surface area contributed by atoms with Crippen LogP contribution in [-0.4, -0.2) is 66.6 Å². The monoisotopic (exact) mass is 870 g/mol. The van der Waals surface area contributed by atoms with E-state index < -0.39 is 0 Å². The minimum Gasteiger partial charge on any atom is -0.351 e. The molecule has 0 unspecified atom stereocenters. The molecule has 5 heterocycles. The Morgan fingerprint density at radius 2 is 1.02 bits per heavy atom. The molecule has 0 radical (unpaired) electrons. The highest BCUT2D eigenvalue weighted by molar-refractivity contribution is 5.82. The number of hydrogen-bond acceptors (Lipinski definition) is 9. The summed E-state index contributed by atoms with van der Waals surface area (Å²) in [6, 6.07) is 19.3. The maximum Gasteiger partial charge on any atom is 0.204 e. The number of fused-ring (bicyclic) bond motifs is 4. The smallest absolute Gasteiger partial charge is 0.204 e. The van der Waals surface area contributed by atoms with E-state index in [1.165, 1.54) is 27.8 Å². The highest BCUT2D eigenvalue weighted by Gasteiger charge is 2.19. The Morgan fingerprint density at radius 3 is 1.61 bits per heavy atom. The third kappa shape index (κ3) is 13.9. The van der Waals surface area contributed by atoms with Gasteiger partial charge in [0, 0.05) is 34.4 Å². The lowest BCUT2D eigenvalue weighted by Crippen LogP contribution is -2.28. The SMILES string of the molecule is Cc1ccc2[nH]c(NC(C)(C)C)nc2c1C.Cc1ccc2c(c1)nc(NC(C)(C)C)n2C(C)C.Cc1ccc2nc(NC(C)(C)C)[nH]c2c1.Cc1cnc2nc(NC(C)(C)C)[nH]c2c1. The van der Waals surface area contributed by atoms with Gasteiger partial charge in [-0.1, -0.05) is 18.2 Å². The van der Waals surface area contributed by atoms with Gasteiger partial charge in [0.05, 0.1) is 38.6 Å². The highest BCUT2D eigenvalue weighted by Crippen LogP contribution is 2.27. The van der Waals surface area contributed by atoms with Gasteiger partial charge in [0.2, 0.25) is 23.8 Å². The Morgan fingerprint density at radius 1 is 0.500 bits per heavy atom. The van der Waals surface area contributed by atoms with Gasteiger partial charge in [0.15, 0.2) is 5.65 Å². The lowest BCUT2D eigenvalue weighted by atomic mass is 10.1. The number of hydrogen-bond donors (Lipinski definition) is 7. The molecule has 0 atom stereocenters. The quantitative estimate of drug-likeness (QED) is 0.0891. The van der Waals surface area contributed by atoms with E-state index in [2.05, 4.69) is 228 Å². The van der Waals surface area contributed by atoms with Crippen molar-refractivity contribution in [2.75, 3.05) is 21.3 Å². The zero-order chi connectivity index (χ0) is 47.5. The van der Waals surface area contributed by atoms with E-state index in [-0.39, 0.29) is 22.2 Å². The molecule has 344 valence electrons. The minimum atomic E-state index is 0.00290. The average Bonchev–Trinajstić information content (AvgIpc) is 3.90. The third-order valence-electron chi connectivity index (χ3n) is 9.62. The second-order valence-corrected chi connectivity index (χ2v) is 21.5. The molecule has 7 N–H and O–H groups in total. The van der Waals surface area contributed by atoms with E-state index in [9.17, 15) is 0 Å². The fourth-order valence-corrected chi connectivity index (χ4v) is 6.84. The predicted octanol–water partition coefficient (Wildman–Crippen LogP) is 13.1.